The Hall–Kier alpha value is -2.47. The van der Waals surface area contributed by atoms with Gasteiger partial charge in [-0.1, -0.05) is 35.5 Å². The number of nitrogens with zero attached hydrogens (tertiary/aromatic N) is 5. The zero-order chi connectivity index (χ0) is 16.5. The van der Waals surface area contributed by atoms with Gasteiger partial charge in [0.05, 0.1) is 12.7 Å². The summed E-state index contributed by atoms with van der Waals surface area (Å²) >= 11 is 0. The maximum Gasteiger partial charge on any atom is 0.241 e. The molecule has 0 fully saturated rings. The summed E-state index contributed by atoms with van der Waals surface area (Å²) in [5, 5.41) is 8.52. The molecule has 0 spiro atoms. The number of fused-ring (bicyclic) bond motifs is 1. The van der Waals surface area contributed by atoms with Crippen molar-refractivity contribution >= 4 is 0 Å². The molecule has 4 rings (SSSR count). The molecule has 1 aliphatic carbocycles. The van der Waals surface area contributed by atoms with Crippen molar-refractivity contribution in [2.24, 2.45) is 7.05 Å². The summed E-state index contributed by atoms with van der Waals surface area (Å²) in [5.74, 6) is 1.29. The predicted molar refractivity (Wildman–Crippen MR) is 90.1 cm³/mol. The van der Waals surface area contributed by atoms with E-state index < -0.39 is 0 Å². The number of hydrogen-bond donors (Lipinski definition) is 0. The Morgan fingerprint density at radius 1 is 1.29 bits per heavy atom. The van der Waals surface area contributed by atoms with Crippen molar-refractivity contribution in [2.45, 2.75) is 31.8 Å². The first-order chi connectivity index (χ1) is 11.7. The Labute approximate surface area is 141 Å². The second kappa shape index (κ2) is 6.20. The molecule has 0 bridgehead atoms. The van der Waals surface area contributed by atoms with E-state index in [-0.39, 0.29) is 0 Å². The predicted octanol–water partition coefficient (Wildman–Crippen LogP) is 2.98. The molecule has 1 aliphatic rings. The third-order valence-electron chi connectivity index (χ3n) is 4.76. The fraction of sp³-hybridized carbons (Fsp3) is 0.389. The van der Waals surface area contributed by atoms with E-state index in [9.17, 15) is 0 Å². The fourth-order valence-electron chi connectivity index (χ4n) is 3.49. The van der Waals surface area contributed by atoms with Crippen LogP contribution < -0.4 is 0 Å². The van der Waals surface area contributed by atoms with Gasteiger partial charge < -0.3 is 4.52 Å². The minimum absolute atomic E-state index is 0.356. The van der Waals surface area contributed by atoms with Gasteiger partial charge in [0.1, 0.15) is 0 Å². The summed E-state index contributed by atoms with van der Waals surface area (Å²) in [6, 6.07) is 10.3. The highest BCUT2D eigenvalue weighted by Gasteiger charge is 2.27. The second-order valence-corrected chi connectivity index (χ2v) is 6.37. The first-order valence-corrected chi connectivity index (χ1v) is 8.31. The first-order valence-electron chi connectivity index (χ1n) is 8.31. The van der Waals surface area contributed by atoms with Crippen LogP contribution in [0.3, 0.4) is 0 Å². The van der Waals surface area contributed by atoms with E-state index in [4.69, 9.17) is 4.52 Å². The van der Waals surface area contributed by atoms with Crippen molar-refractivity contribution in [1.29, 1.82) is 0 Å². The molecule has 2 aromatic heterocycles. The monoisotopic (exact) mass is 323 g/mol. The van der Waals surface area contributed by atoms with E-state index in [2.05, 4.69) is 27.2 Å². The van der Waals surface area contributed by atoms with Gasteiger partial charge in [0.2, 0.25) is 11.7 Å². The van der Waals surface area contributed by atoms with Crippen molar-refractivity contribution in [3.8, 4) is 11.4 Å². The maximum absolute atomic E-state index is 5.45. The van der Waals surface area contributed by atoms with Crippen molar-refractivity contribution in [2.75, 3.05) is 7.05 Å². The van der Waals surface area contributed by atoms with Gasteiger partial charge >= 0.3 is 0 Å². The zero-order valence-electron chi connectivity index (χ0n) is 14.0. The molecule has 0 amide bonds. The fourth-order valence-corrected chi connectivity index (χ4v) is 3.49. The Kier molecular flexibility index (Phi) is 3.90. The molecule has 1 unspecified atom stereocenters. The normalized spacial score (nSPS) is 17.2. The Morgan fingerprint density at radius 3 is 2.96 bits per heavy atom. The van der Waals surface area contributed by atoms with Crippen LogP contribution in [0.2, 0.25) is 0 Å². The standard InChI is InChI=1S/C18H21N5O/c1-22(15-9-6-10-16-14(15)11-19-23(16)2)12-17-20-18(21-24-17)13-7-4-3-5-8-13/h3-5,7-8,11,15H,6,9-10,12H2,1-2H3. The molecule has 3 aromatic rings. The summed E-state index contributed by atoms with van der Waals surface area (Å²) < 4.78 is 7.45. The van der Waals surface area contributed by atoms with E-state index in [0.29, 0.717) is 24.3 Å². The number of aromatic nitrogens is 4. The number of benzene rings is 1. The van der Waals surface area contributed by atoms with Crippen LogP contribution in [-0.2, 0) is 20.0 Å². The Morgan fingerprint density at radius 2 is 2.12 bits per heavy atom. The molecule has 0 saturated carbocycles. The molecule has 0 aliphatic heterocycles. The molecule has 6 nitrogen and oxygen atoms in total. The molecule has 124 valence electrons. The van der Waals surface area contributed by atoms with E-state index >= 15 is 0 Å². The average Bonchev–Trinajstić information content (AvgIpc) is 3.23. The molecule has 1 aromatic carbocycles. The summed E-state index contributed by atoms with van der Waals surface area (Å²) in [6.07, 6.45) is 5.42. The highest BCUT2D eigenvalue weighted by Crippen LogP contribution is 2.33. The van der Waals surface area contributed by atoms with Crippen molar-refractivity contribution in [3.05, 3.63) is 53.7 Å². The zero-order valence-corrected chi connectivity index (χ0v) is 14.0. The van der Waals surface area contributed by atoms with Gasteiger partial charge in [-0.15, -0.1) is 0 Å². The van der Waals surface area contributed by atoms with Gasteiger partial charge in [-0.25, -0.2) is 0 Å². The van der Waals surface area contributed by atoms with Gasteiger partial charge in [-0.05, 0) is 26.3 Å². The lowest BCUT2D eigenvalue weighted by Crippen LogP contribution is -2.27. The van der Waals surface area contributed by atoms with Crippen LogP contribution in [0.15, 0.2) is 41.1 Å². The quantitative estimate of drug-likeness (QED) is 0.739. The van der Waals surface area contributed by atoms with Crippen LogP contribution in [0.4, 0.5) is 0 Å². The summed E-state index contributed by atoms with van der Waals surface area (Å²) in [7, 11) is 4.13. The van der Waals surface area contributed by atoms with Gasteiger partial charge in [-0.2, -0.15) is 10.1 Å². The molecule has 1 atom stereocenters. The third-order valence-corrected chi connectivity index (χ3v) is 4.76. The van der Waals surface area contributed by atoms with Crippen molar-refractivity contribution in [3.63, 3.8) is 0 Å². The maximum atomic E-state index is 5.45. The second-order valence-electron chi connectivity index (χ2n) is 6.37. The molecule has 6 heteroatoms. The minimum Gasteiger partial charge on any atom is -0.338 e. The van der Waals surface area contributed by atoms with Crippen LogP contribution in [0, 0.1) is 0 Å². The highest BCUT2D eigenvalue weighted by molar-refractivity contribution is 5.53. The first kappa shape index (κ1) is 15.1. The lowest BCUT2D eigenvalue weighted by Gasteiger charge is -2.30. The topological polar surface area (TPSA) is 60.0 Å². The summed E-state index contributed by atoms with van der Waals surface area (Å²) in [6.45, 7) is 0.638. The molecule has 0 saturated heterocycles. The molecule has 0 radical (unpaired) electrons. The molecule has 2 heterocycles. The molecule has 0 N–H and O–H groups in total. The van der Waals surface area contributed by atoms with Crippen molar-refractivity contribution < 1.29 is 4.52 Å². The van der Waals surface area contributed by atoms with Gasteiger partial charge in [-0.3, -0.25) is 9.58 Å². The Bertz CT molecular complexity index is 823. The molecular weight excluding hydrogens is 302 g/mol. The van der Waals surface area contributed by atoms with Crippen LogP contribution in [0.25, 0.3) is 11.4 Å². The highest BCUT2D eigenvalue weighted by atomic mass is 16.5. The Balaban J connectivity index is 1.51. The number of hydrogen-bond acceptors (Lipinski definition) is 5. The SMILES string of the molecule is CN(Cc1nc(-c2ccccc2)no1)C1CCCc2c1cnn2C. The third kappa shape index (κ3) is 2.73. The van der Waals surface area contributed by atoms with Crippen molar-refractivity contribution in [1.82, 2.24) is 24.8 Å². The van der Waals surface area contributed by atoms with Crippen LogP contribution in [0.1, 0.15) is 36.0 Å². The lowest BCUT2D eigenvalue weighted by molar-refractivity contribution is 0.186. The number of aryl methyl sites for hydroxylation is 1. The minimum atomic E-state index is 0.356. The van der Waals surface area contributed by atoms with Gasteiger partial charge in [0, 0.05) is 29.9 Å². The van der Waals surface area contributed by atoms with E-state index in [1.807, 2.05) is 48.3 Å². The largest absolute Gasteiger partial charge is 0.338 e. The van der Waals surface area contributed by atoms with Gasteiger partial charge in [0.15, 0.2) is 0 Å². The molecular formula is C18H21N5O. The van der Waals surface area contributed by atoms with E-state index in [1.54, 1.807) is 0 Å². The smallest absolute Gasteiger partial charge is 0.241 e. The van der Waals surface area contributed by atoms with E-state index in [1.165, 1.54) is 17.7 Å². The van der Waals surface area contributed by atoms with E-state index in [0.717, 1.165) is 18.4 Å². The van der Waals surface area contributed by atoms with Crippen LogP contribution in [-0.4, -0.2) is 31.9 Å². The van der Waals surface area contributed by atoms with Crippen LogP contribution >= 0.6 is 0 Å². The lowest BCUT2D eigenvalue weighted by atomic mass is 9.92. The summed E-state index contributed by atoms with van der Waals surface area (Å²) in [4.78, 5) is 6.82. The molecule has 24 heavy (non-hydrogen) atoms. The average molecular weight is 323 g/mol. The van der Waals surface area contributed by atoms with Gasteiger partial charge in [0.25, 0.3) is 0 Å². The number of rotatable bonds is 4. The van der Waals surface area contributed by atoms with Crippen LogP contribution in [0.5, 0.6) is 0 Å². The summed E-state index contributed by atoms with van der Waals surface area (Å²) in [5.41, 5.74) is 3.64.